The number of halogens is 3. The molecule has 0 spiro atoms. The Morgan fingerprint density at radius 3 is 2.65 bits per heavy atom. The molecule has 0 fully saturated rings. The van der Waals surface area contributed by atoms with Crippen molar-refractivity contribution in [3.05, 3.63) is 33.8 Å². The highest BCUT2D eigenvalue weighted by molar-refractivity contribution is 9.10. The lowest BCUT2D eigenvalue weighted by atomic mass is 10.1. The molecule has 1 rings (SSSR count). The van der Waals surface area contributed by atoms with Gasteiger partial charge in [0.25, 0.3) is 0 Å². The van der Waals surface area contributed by atoms with Crippen LogP contribution >= 0.6 is 27.7 Å². The van der Waals surface area contributed by atoms with E-state index in [1.54, 1.807) is 11.8 Å². The van der Waals surface area contributed by atoms with Crippen LogP contribution in [0.25, 0.3) is 0 Å². The Bertz CT molecular complexity index is 387. The minimum absolute atomic E-state index is 0.120. The van der Waals surface area contributed by atoms with E-state index in [4.69, 9.17) is 0 Å². The standard InChI is InChI=1S/C12H16BrF2NS/c1-8(7-17-3)16(2)6-9-11(14)5-4-10(13)12(9)15/h4-5,8H,6-7H2,1-3H3. The Labute approximate surface area is 114 Å². The van der Waals surface area contributed by atoms with Gasteiger partial charge in [0.1, 0.15) is 11.6 Å². The summed E-state index contributed by atoms with van der Waals surface area (Å²) in [7, 11) is 1.88. The summed E-state index contributed by atoms with van der Waals surface area (Å²) in [5, 5.41) is 0. The highest BCUT2D eigenvalue weighted by Gasteiger charge is 2.16. The van der Waals surface area contributed by atoms with Crippen LogP contribution in [0.2, 0.25) is 0 Å². The third kappa shape index (κ3) is 3.93. The second-order valence-electron chi connectivity index (χ2n) is 4.04. The van der Waals surface area contributed by atoms with Crippen molar-refractivity contribution in [1.82, 2.24) is 4.90 Å². The van der Waals surface area contributed by atoms with Crippen molar-refractivity contribution in [2.24, 2.45) is 0 Å². The van der Waals surface area contributed by atoms with Crippen molar-refractivity contribution in [1.29, 1.82) is 0 Å². The average Bonchev–Trinajstić information content (AvgIpc) is 2.29. The first kappa shape index (κ1) is 14.9. The van der Waals surface area contributed by atoms with Crippen LogP contribution in [0, 0.1) is 11.6 Å². The lowest BCUT2D eigenvalue weighted by Gasteiger charge is -2.24. The second kappa shape index (κ2) is 6.71. The van der Waals surface area contributed by atoms with Crippen molar-refractivity contribution in [2.45, 2.75) is 19.5 Å². The maximum atomic E-state index is 13.8. The molecule has 0 aliphatic heterocycles. The Hall–Kier alpha value is -0.130. The Kier molecular flexibility index (Phi) is 5.89. The molecule has 0 aliphatic rings. The quantitative estimate of drug-likeness (QED) is 0.756. The maximum absolute atomic E-state index is 13.8. The van der Waals surface area contributed by atoms with E-state index in [-0.39, 0.29) is 18.2 Å². The van der Waals surface area contributed by atoms with Crippen molar-refractivity contribution >= 4 is 27.7 Å². The van der Waals surface area contributed by atoms with Crippen LogP contribution in [0.1, 0.15) is 12.5 Å². The molecule has 1 aromatic rings. The van der Waals surface area contributed by atoms with Gasteiger partial charge in [0.2, 0.25) is 0 Å². The van der Waals surface area contributed by atoms with E-state index in [2.05, 4.69) is 15.9 Å². The summed E-state index contributed by atoms with van der Waals surface area (Å²) in [6.45, 7) is 2.32. The van der Waals surface area contributed by atoms with Crippen LogP contribution < -0.4 is 0 Å². The zero-order chi connectivity index (χ0) is 13.0. The van der Waals surface area contributed by atoms with E-state index in [1.165, 1.54) is 12.1 Å². The summed E-state index contributed by atoms with van der Waals surface area (Å²) >= 11 is 4.80. The fourth-order valence-corrected chi connectivity index (χ4v) is 2.60. The molecule has 0 bridgehead atoms. The molecule has 5 heteroatoms. The van der Waals surface area contributed by atoms with Gasteiger partial charge in [0, 0.05) is 23.9 Å². The molecular formula is C12H16BrF2NS. The van der Waals surface area contributed by atoms with Gasteiger partial charge in [-0.15, -0.1) is 0 Å². The predicted octanol–water partition coefficient (Wildman–Crippen LogP) is 3.91. The molecule has 17 heavy (non-hydrogen) atoms. The smallest absolute Gasteiger partial charge is 0.144 e. The van der Waals surface area contributed by atoms with E-state index in [1.807, 2.05) is 25.1 Å². The summed E-state index contributed by atoms with van der Waals surface area (Å²) in [5.74, 6) is -0.0598. The van der Waals surface area contributed by atoms with Crippen molar-refractivity contribution in [3.63, 3.8) is 0 Å². The molecule has 1 unspecified atom stereocenters. The second-order valence-corrected chi connectivity index (χ2v) is 5.81. The van der Waals surface area contributed by atoms with Crippen LogP contribution in [0.4, 0.5) is 8.78 Å². The van der Waals surface area contributed by atoms with Crippen molar-refractivity contribution < 1.29 is 8.78 Å². The summed E-state index contributed by atoms with van der Waals surface area (Å²) in [6, 6.07) is 2.96. The molecule has 96 valence electrons. The first-order chi connectivity index (χ1) is 7.97. The van der Waals surface area contributed by atoms with E-state index < -0.39 is 11.6 Å². The third-order valence-electron chi connectivity index (χ3n) is 2.71. The van der Waals surface area contributed by atoms with Crippen LogP contribution in [0.5, 0.6) is 0 Å². The van der Waals surface area contributed by atoms with Gasteiger partial charge in [-0.25, -0.2) is 8.78 Å². The molecule has 1 atom stereocenters. The molecular weight excluding hydrogens is 308 g/mol. The average molecular weight is 324 g/mol. The zero-order valence-corrected chi connectivity index (χ0v) is 12.5. The van der Waals surface area contributed by atoms with Gasteiger partial charge in [-0.2, -0.15) is 11.8 Å². The van der Waals surface area contributed by atoms with E-state index in [0.29, 0.717) is 4.47 Å². The Balaban J connectivity index is 2.84. The number of thioether (sulfide) groups is 1. The van der Waals surface area contributed by atoms with E-state index in [0.717, 1.165) is 5.75 Å². The lowest BCUT2D eigenvalue weighted by molar-refractivity contribution is 0.261. The first-order valence-corrected chi connectivity index (χ1v) is 7.47. The van der Waals surface area contributed by atoms with E-state index in [9.17, 15) is 8.78 Å². The molecule has 0 saturated carbocycles. The first-order valence-electron chi connectivity index (χ1n) is 5.29. The largest absolute Gasteiger partial charge is 0.298 e. The highest BCUT2D eigenvalue weighted by atomic mass is 79.9. The zero-order valence-electron chi connectivity index (χ0n) is 10.1. The molecule has 1 nitrogen and oxygen atoms in total. The topological polar surface area (TPSA) is 3.24 Å². The van der Waals surface area contributed by atoms with Gasteiger partial charge in [0.05, 0.1) is 4.47 Å². The minimum Gasteiger partial charge on any atom is -0.298 e. The molecule has 0 radical (unpaired) electrons. The van der Waals surface area contributed by atoms with Gasteiger partial charge < -0.3 is 0 Å². The van der Waals surface area contributed by atoms with Crippen LogP contribution in [-0.4, -0.2) is 30.0 Å². The SMILES string of the molecule is CSCC(C)N(C)Cc1c(F)ccc(Br)c1F. The van der Waals surface area contributed by atoms with Crippen molar-refractivity contribution in [2.75, 3.05) is 19.1 Å². The molecule has 0 aromatic heterocycles. The molecule has 0 saturated heterocycles. The number of nitrogens with zero attached hydrogens (tertiary/aromatic N) is 1. The number of hydrogen-bond acceptors (Lipinski definition) is 2. The number of rotatable bonds is 5. The summed E-state index contributed by atoms with van der Waals surface area (Å²) < 4.78 is 27.6. The normalized spacial score (nSPS) is 13.1. The van der Waals surface area contributed by atoms with Crippen LogP contribution in [-0.2, 0) is 6.54 Å². The maximum Gasteiger partial charge on any atom is 0.144 e. The molecule has 0 aliphatic carbocycles. The monoisotopic (exact) mass is 323 g/mol. The van der Waals surface area contributed by atoms with E-state index >= 15 is 0 Å². The van der Waals surface area contributed by atoms with Gasteiger partial charge in [-0.3, -0.25) is 4.90 Å². The summed E-state index contributed by atoms with van der Waals surface area (Å²) in [4.78, 5) is 1.95. The molecule has 0 amide bonds. The lowest BCUT2D eigenvalue weighted by Crippen LogP contribution is -2.31. The number of benzene rings is 1. The minimum atomic E-state index is -0.506. The summed E-state index contributed by atoms with van der Waals surface area (Å²) in [5.41, 5.74) is 0.120. The molecule has 0 N–H and O–H groups in total. The molecule has 1 aromatic carbocycles. The van der Waals surface area contributed by atoms with Gasteiger partial charge in [-0.1, -0.05) is 0 Å². The fraction of sp³-hybridized carbons (Fsp3) is 0.500. The Morgan fingerprint density at radius 2 is 2.06 bits per heavy atom. The third-order valence-corrected chi connectivity index (χ3v) is 4.13. The predicted molar refractivity (Wildman–Crippen MR) is 73.4 cm³/mol. The number of hydrogen-bond donors (Lipinski definition) is 0. The molecule has 0 heterocycles. The van der Waals surface area contributed by atoms with Gasteiger partial charge >= 0.3 is 0 Å². The Morgan fingerprint density at radius 1 is 1.41 bits per heavy atom. The van der Waals surface area contributed by atoms with Crippen LogP contribution in [0.15, 0.2) is 16.6 Å². The van der Waals surface area contributed by atoms with Gasteiger partial charge in [0.15, 0.2) is 0 Å². The van der Waals surface area contributed by atoms with Crippen molar-refractivity contribution in [3.8, 4) is 0 Å². The fourth-order valence-electron chi connectivity index (χ4n) is 1.49. The summed E-state index contributed by atoms with van der Waals surface area (Å²) in [6.07, 6.45) is 2.02. The van der Waals surface area contributed by atoms with Crippen LogP contribution in [0.3, 0.4) is 0 Å². The van der Waals surface area contributed by atoms with Gasteiger partial charge in [-0.05, 0) is 48.3 Å². The highest BCUT2D eigenvalue weighted by Crippen LogP contribution is 2.23.